The summed E-state index contributed by atoms with van der Waals surface area (Å²) in [5.41, 5.74) is 1.15. The first kappa shape index (κ1) is 13.1. The van der Waals surface area contributed by atoms with Crippen LogP contribution in [0.15, 0.2) is 30.3 Å². The Morgan fingerprint density at radius 3 is 2.61 bits per heavy atom. The van der Waals surface area contributed by atoms with Crippen LogP contribution in [0, 0.1) is 0 Å². The summed E-state index contributed by atoms with van der Waals surface area (Å²) < 4.78 is 10.2. The highest BCUT2D eigenvalue weighted by molar-refractivity contribution is 5.76. The molecule has 1 atom stereocenters. The molecule has 0 spiro atoms. The SMILES string of the molecule is COC(=O)C(Cc1ccccc1)N1CCOCC1. The molecule has 0 N–H and O–H groups in total. The third-order valence-electron chi connectivity index (χ3n) is 3.23. The van der Waals surface area contributed by atoms with Crippen molar-refractivity contribution in [3.63, 3.8) is 0 Å². The summed E-state index contributed by atoms with van der Waals surface area (Å²) in [6, 6.07) is 9.82. The average Bonchev–Trinajstić information content (AvgIpc) is 2.46. The third-order valence-corrected chi connectivity index (χ3v) is 3.23. The molecule has 0 radical (unpaired) electrons. The molecule has 18 heavy (non-hydrogen) atoms. The molecule has 0 amide bonds. The van der Waals surface area contributed by atoms with Gasteiger partial charge in [0.2, 0.25) is 0 Å². The quantitative estimate of drug-likeness (QED) is 0.749. The first-order chi connectivity index (χ1) is 8.81. The molecular formula is C14H19NO3. The number of hydrogen-bond acceptors (Lipinski definition) is 4. The fourth-order valence-corrected chi connectivity index (χ4v) is 2.22. The predicted octanol–water partition coefficient (Wildman–Crippen LogP) is 1.10. The minimum absolute atomic E-state index is 0.166. The van der Waals surface area contributed by atoms with Crippen molar-refractivity contribution in [1.82, 2.24) is 4.90 Å². The monoisotopic (exact) mass is 249 g/mol. The number of benzene rings is 1. The Labute approximate surface area is 107 Å². The van der Waals surface area contributed by atoms with E-state index < -0.39 is 0 Å². The van der Waals surface area contributed by atoms with E-state index in [1.54, 1.807) is 0 Å². The van der Waals surface area contributed by atoms with Crippen LogP contribution in [0.25, 0.3) is 0 Å². The Hall–Kier alpha value is -1.39. The minimum Gasteiger partial charge on any atom is -0.468 e. The van der Waals surface area contributed by atoms with Gasteiger partial charge in [-0.25, -0.2) is 0 Å². The van der Waals surface area contributed by atoms with Gasteiger partial charge in [-0.05, 0) is 12.0 Å². The van der Waals surface area contributed by atoms with Gasteiger partial charge in [0.15, 0.2) is 0 Å². The van der Waals surface area contributed by atoms with E-state index in [0.717, 1.165) is 18.7 Å². The summed E-state index contributed by atoms with van der Waals surface area (Å²) in [4.78, 5) is 14.1. The van der Waals surface area contributed by atoms with Crippen molar-refractivity contribution in [3.05, 3.63) is 35.9 Å². The molecule has 0 bridgehead atoms. The van der Waals surface area contributed by atoms with Gasteiger partial charge in [-0.15, -0.1) is 0 Å². The van der Waals surface area contributed by atoms with Gasteiger partial charge in [0.25, 0.3) is 0 Å². The summed E-state index contributed by atoms with van der Waals surface area (Å²) in [7, 11) is 1.45. The minimum atomic E-state index is -0.207. The molecule has 1 aromatic rings. The molecule has 4 nitrogen and oxygen atoms in total. The Morgan fingerprint density at radius 2 is 2.00 bits per heavy atom. The van der Waals surface area contributed by atoms with Crippen LogP contribution in [0.3, 0.4) is 0 Å². The van der Waals surface area contributed by atoms with Gasteiger partial charge in [0.05, 0.1) is 20.3 Å². The van der Waals surface area contributed by atoms with Crippen molar-refractivity contribution in [3.8, 4) is 0 Å². The summed E-state index contributed by atoms with van der Waals surface area (Å²) >= 11 is 0. The van der Waals surface area contributed by atoms with E-state index in [4.69, 9.17) is 9.47 Å². The van der Waals surface area contributed by atoms with Crippen molar-refractivity contribution >= 4 is 5.97 Å². The zero-order valence-corrected chi connectivity index (χ0v) is 10.7. The summed E-state index contributed by atoms with van der Waals surface area (Å²) in [5, 5.41) is 0. The highest BCUT2D eigenvalue weighted by atomic mass is 16.5. The van der Waals surface area contributed by atoms with Gasteiger partial charge >= 0.3 is 5.97 Å². The second-order valence-corrected chi connectivity index (χ2v) is 4.38. The number of nitrogens with zero attached hydrogens (tertiary/aromatic N) is 1. The maximum atomic E-state index is 11.9. The van der Waals surface area contributed by atoms with Crippen LogP contribution in [0.5, 0.6) is 0 Å². The van der Waals surface area contributed by atoms with Gasteiger partial charge in [-0.2, -0.15) is 0 Å². The molecule has 1 saturated heterocycles. The molecule has 0 saturated carbocycles. The average molecular weight is 249 g/mol. The zero-order valence-electron chi connectivity index (χ0n) is 10.7. The fourth-order valence-electron chi connectivity index (χ4n) is 2.22. The fraction of sp³-hybridized carbons (Fsp3) is 0.500. The number of carbonyl (C=O) groups is 1. The Bertz CT molecular complexity index is 374. The molecule has 1 aromatic carbocycles. The lowest BCUT2D eigenvalue weighted by Crippen LogP contribution is -2.48. The first-order valence-corrected chi connectivity index (χ1v) is 6.25. The van der Waals surface area contributed by atoms with E-state index in [1.165, 1.54) is 7.11 Å². The molecule has 1 unspecified atom stereocenters. The number of ether oxygens (including phenoxy) is 2. The molecule has 1 aliphatic rings. The maximum Gasteiger partial charge on any atom is 0.323 e. The highest BCUT2D eigenvalue weighted by Gasteiger charge is 2.28. The van der Waals surface area contributed by atoms with Crippen LogP contribution in [0.4, 0.5) is 0 Å². The summed E-state index contributed by atoms with van der Waals surface area (Å²) in [6.45, 7) is 2.93. The lowest BCUT2D eigenvalue weighted by Gasteiger charge is -2.32. The number of hydrogen-bond donors (Lipinski definition) is 0. The van der Waals surface area contributed by atoms with Crippen LogP contribution in [0.1, 0.15) is 5.56 Å². The third kappa shape index (κ3) is 3.31. The molecule has 0 aliphatic carbocycles. The number of esters is 1. The van der Waals surface area contributed by atoms with E-state index in [0.29, 0.717) is 19.6 Å². The number of morpholine rings is 1. The Kier molecular flexibility index (Phi) is 4.73. The van der Waals surface area contributed by atoms with E-state index in [1.807, 2.05) is 30.3 Å². The lowest BCUT2D eigenvalue weighted by atomic mass is 10.0. The highest BCUT2D eigenvalue weighted by Crippen LogP contribution is 2.12. The molecule has 2 rings (SSSR count). The van der Waals surface area contributed by atoms with Crippen molar-refractivity contribution < 1.29 is 14.3 Å². The van der Waals surface area contributed by atoms with Crippen LogP contribution in [-0.2, 0) is 20.7 Å². The largest absolute Gasteiger partial charge is 0.468 e. The van der Waals surface area contributed by atoms with E-state index in [2.05, 4.69) is 4.90 Å². The van der Waals surface area contributed by atoms with E-state index >= 15 is 0 Å². The van der Waals surface area contributed by atoms with Crippen molar-refractivity contribution in [2.75, 3.05) is 33.4 Å². The smallest absolute Gasteiger partial charge is 0.323 e. The molecule has 1 heterocycles. The van der Waals surface area contributed by atoms with Crippen molar-refractivity contribution in [1.29, 1.82) is 0 Å². The molecule has 98 valence electrons. The first-order valence-electron chi connectivity index (χ1n) is 6.25. The second-order valence-electron chi connectivity index (χ2n) is 4.38. The van der Waals surface area contributed by atoms with Gasteiger partial charge in [-0.3, -0.25) is 9.69 Å². The molecule has 1 aliphatic heterocycles. The lowest BCUT2D eigenvalue weighted by molar-refractivity contribution is -0.148. The number of carbonyl (C=O) groups excluding carboxylic acids is 1. The maximum absolute atomic E-state index is 11.9. The molecule has 1 fully saturated rings. The van der Waals surface area contributed by atoms with Crippen LogP contribution in [-0.4, -0.2) is 50.3 Å². The number of rotatable bonds is 4. The Morgan fingerprint density at radius 1 is 1.33 bits per heavy atom. The zero-order chi connectivity index (χ0) is 12.8. The predicted molar refractivity (Wildman–Crippen MR) is 68.3 cm³/mol. The summed E-state index contributed by atoms with van der Waals surface area (Å²) in [5.74, 6) is -0.166. The summed E-state index contributed by atoms with van der Waals surface area (Å²) in [6.07, 6.45) is 0.688. The van der Waals surface area contributed by atoms with Gasteiger partial charge < -0.3 is 9.47 Å². The van der Waals surface area contributed by atoms with Gasteiger partial charge in [-0.1, -0.05) is 30.3 Å². The van der Waals surface area contributed by atoms with E-state index in [-0.39, 0.29) is 12.0 Å². The van der Waals surface area contributed by atoms with Gasteiger partial charge in [0.1, 0.15) is 6.04 Å². The molecule has 4 heteroatoms. The van der Waals surface area contributed by atoms with E-state index in [9.17, 15) is 4.79 Å². The van der Waals surface area contributed by atoms with Crippen LogP contribution >= 0.6 is 0 Å². The van der Waals surface area contributed by atoms with Crippen molar-refractivity contribution in [2.45, 2.75) is 12.5 Å². The number of methoxy groups -OCH3 is 1. The topological polar surface area (TPSA) is 38.8 Å². The second kappa shape index (κ2) is 6.52. The van der Waals surface area contributed by atoms with Crippen molar-refractivity contribution in [2.24, 2.45) is 0 Å². The standard InChI is InChI=1S/C14H19NO3/c1-17-14(16)13(15-7-9-18-10-8-15)11-12-5-3-2-4-6-12/h2-6,13H,7-11H2,1H3. The molecular weight excluding hydrogens is 230 g/mol. The van der Waals surface area contributed by atoms with Crippen LogP contribution in [0.2, 0.25) is 0 Å². The normalized spacial score (nSPS) is 18.3. The van der Waals surface area contributed by atoms with Crippen LogP contribution < -0.4 is 0 Å². The molecule has 0 aromatic heterocycles. The Balaban J connectivity index is 2.07. The van der Waals surface area contributed by atoms with Gasteiger partial charge in [0, 0.05) is 13.1 Å².